The van der Waals surface area contributed by atoms with E-state index in [1.807, 2.05) is 0 Å². The Bertz CT molecular complexity index is 378. The van der Waals surface area contributed by atoms with Crippen molar-refractivity contribution in [1.29, 1.82) is 0 Å². The molecule has 0 saturated carbocycles. The fourth-order valence-corrected chi connectivity index (χ4v) is 1.43. The van der Waals surface area contributed by atoms with Crippen molar-refractivity contribution < 1.29 is 17.6 Å². The molecule has 0 aliphatic heterocycles. The predicted molar refractivity (Wildman–Crippen MR) is 55.9 cm³/mol. The quantitative estimate of drug-likeness (QED) is 0.831. The highest BCUT2D eigenvalue weighted by atomic mass is 19.4. The molecule has 6 heteroatoms. The third-order valence-corrected chi connectivity index (χ3v) is 2.58. The summed E-state index contributed by atoms with van der Waals surface area (Å²) in [5, 5.41) is 2.40. The second kappa shape index (κ2) is 5.00. The lowest BCUT2D eigenvalue weighted by molar-refractivity contribution is -0.195. The smallest absolute Gasteiger partial charge is 0.300 e. The number of rotatable bonds is 4. The number of pyridine rings is 1. The zero-order valence-corrected chi connectivity index (χ0v) is 9.61. The Kier molecular flexibility index (Phi) is 4.08. The molecular weight excluding hydrogens is 236 g/mol. The van der Waals surface area contributed by atoms with Crippen LogP contribution >= 0.6 is 0 Å². The summed E-state index contributed by atoms with van der Waals surface area (Å²) >= 11 is 0. The topological polar surface area (TPSA) is 24.9 Å². The van der Waals surface area contributed by atoms with Gasteiger partial charge in [-0.3, -0.25) is 4.98 Å². The fraction of sp³-hybridized carbons (Fsp3) is 0.545. The first-order valence-corrected chi connectivity index (χ1v) is 5.24. The Balaban J connectivity index is 3.14. The third kappa shape index (κ3) is 2.94. The minimum atomic E-state index is -4.52. The van der Waals surface area contributed by atoms with Gasteiger partial charge in [-0.15, -0.1) is 0 Å². The van der Waals surface area contributed by atoms with Gasteiger partial charge in [-0.25, -0.2) is 4.39 Å². The maximum atomic E-state index is 13.0. The SMILES string of the molecule is CCCNC(C)(c1cncc(F)c1)C(F)(F)F. The second-order valence-corrected chi connectivity index (χ2v) is 3.94. The summed E-state index contributed by atoms with van der Waals surface area (Å²) in [7, 11) is 0. The van der Waals surface area contributed by atoms with Crippen LogP contribution in [-0.4, -0.2) is 17.7 Å². The van der Waals surface area contributed by atoms with Gasteiger partial charge in [0.1, 0.15) is 11.4 Å². The normalized spacial score (nSPS) is 15.6. The molecule has 0 aromatic carbocycles. The van der Waals surface area contributed by atoms with Crippen LogP contribution in [0.15, 0.2) is 18.5 Å². The first-order chi connectivity index (χ1) is 7.81. The summed E-state index contributed by atoms with van der Waals surface area (Å²) in [4.78, 5) is 3.46. The van der Waals surface area contributed by atoms with Crippen LogP contribution in [0.1, 0.15) is 25.8 Å². The van der Waals surface area contributed by atoms with E-state index in [0.717, 1.165) is 25.4 Å². The first kappa shape index (κ1) is 13.9. The molecule has 0 saturated heterocycles. The third-order valence-electron chi connectivity index (χ3n) is 2.58. The minimum Gasteiger partial charge on any atom is -0.300 e. The number of aromatic nitrogens is 1. The van der Waals surface area contributed by atoms with E-state index in [0.29, 0.717) is 6.42 Å². The number of alkyl halides is 3. The number of hydrogen-bond donors (Lipinski definition) is 1. The van der Waals surface area contributed by atoms with Gasteiger partial charge >= 0.3 is 6.18 Å². The molecule has 0 amide bonds. The number of nitrogens with one attached hydrogen (secondary N) is 1. The van der Waals surface area contributed by atoms with Gasteiger partial charge < -0.3 is 5.32 Å². The van der Waals surface area contributed by atoms with Crippen LogP contribution in [0, 0.1) is 5.82 Å². The van der Waals surface area contributed by atoms with Gasteiger partial charge in [0.25, 0.3) is 0 Å². The Morgan fingerprint density at radius 3 is 2.41 bits per heavy atom. The predicted octanol–water partition coefficient (Wildman–Crippen LogP) is 3.00. The van der Waals surface area contributed by atoms with Crippen molar-refractivity contribution in [2.24, 2.45) is 0 Å². The number of nitrogens with zero attached hydrogens (tertiary/aromatic N) is 1. The van der Waals surface area contributed by atoms with E-state index in [4.69, 9.17) is 0 Å². The summed E-state index contributed by atoms with van der Waals surface area (Å²) in [6.45, 7) is 2.93. The van der Waals surface area contributed by atoms with E-state index < -0.39 is 17.5 Å². The summed E-state index contributed by atoms with van der Waals surface area (Å²) in [5.41, 5.74) is -2.50. The van der Waals surface area contributed by atoms with Gasteiger partial charge in [-0.1, -0.05) is 6.92 Å². The van der Waals surface area contributed by atoms with E-state index >= 15 is 0 Å². The number of halogens is 4. The zero-order valence-electron chi connectivity index (χ0n) is 9.61. The van der Waals surface area contributed by atoms with Gasteiger partial charge in [-0.05, 0) is 26.0 Å². The lowest BCUT2D eigenvalue weighted by atomic mass is 9.92. The lowest BCUT2D eigenvalue weighted by Crippen LogP contribution is -2.52. The molecule has 1 rings (SSSR count). The second-order valence-electron chi connectivity index (χ2n) is 3.94. The van der Waals surface area contributed by atoms with Gasteiger partial charge in [0.2, 0.25) is 0 Å². The Morgan fingerprint density at radius 2 is 1.94 bits per heavy atom. The van der Waals surface area contributed by atoms with Crippen molar-refractivity contribution in [3.05, 3.63) is 29.8 Å². The van der Waals surface area contributed by atoms with Crippen LogP contribution in [0.5, 0.6) is 0 Å². The Morgan fingerprint density at radius 1 is 1.29 bits per heavy atom. The molecule has 1 unspecified atom stereocenters. The molecule has 1 atom stereocenters. The molecule has 0 aliphatic carbocycles. The summed E-state index contributed by atoms with van der Waals surface area (Å²) < 4.78 is 52.0. The molecule has 0 fully saturated rings. The van der Waals surface area contributed by atoms with E-state index in [1.54, 1.807) is 6.92 Å². The maximum Gasteiger partial charge on any atom is 0.410 e. The van der Waals surface area contributed by atoms with Crippen LogP contribution in [0.4, 0.5) is 17.6 Å². The highest BCUT2D eigenvalue weighted by Gasteiger charge is 2.52. The van der Waals surface area contributed by atoms with Crippen molar-refractivity contribution in [3.63, 3.8) is 0 Å². The Hall–Kier alpha value is -1.17. The molecule has 1 aromatic rings. The highest BCUT2D eigenvalue weighted by molar-refractivity contribution is 5.23. The fourth-order valence-electron chi connectivity index (χ4n) is 1.43. The standard InChI is InChI=1S/C11H14F4N2/c1-3-4-17-10(2,11(13,14)15)8-5-9(12)7-16-6-8/h5-7,17H,3-4H2,1-2H3. The molecule has 2 nitrogen and oxygen atoms in total. The molecule has 0 bridgehead atoms. The molecule has 1 N–H and O–H groups in total. The van der Waals surface area contributed by atoms with Gasteiger partial charge in [0.15, 0.2) is 0 Å². The van der Waals surface area contributed by atoms with Gasteiger partial charge in [0, 0.05) is 11.8 Å². The van der Waals surface area contributed by atoms with E-state index in [9.17, 15) is 17.6 Å². The van der Waals surface area contributed by atoms with Crippen molar-refractivity contribution in [2.45, 2.75) is 32.0 Å². The van der Waals surface area contributed by atoms with E-state index in [-0.39, 0.29) is 12.1 Å². The van der Waals surface area contributed by atoms with Gasteiger partial charge in [-0.2, -0.15) is 13.2 Å². The van der Waals surface area contributed by atoms with Crippen molar-refractivity contribution in [3.8, 4) is 0 Å². The summed E-state index contributed by atoms with van der Waals surface area (Å²) in [6.07, 6.45) is -2.06. The van der Waals surface area contributed by atoms with Crippen molar-refractivity contribution in [1.82, 2.24) is 10.3 Å². The van der Waals surface area contributed by atoms with Crippen LogP contribution in [0.3, 0.4) is 0 Å². The molecule has 1 heterocycles. The molecule has 17 heavy (non-hydrogen) atoms. The average molecular weight is 250 g/mol. The summed E-state index contributed by atoms with van der Waals surface area (Å²) in [6, 6.07) is 0.850. The molecule has 0 spiro atoms. The van der Waals surface area contributed by atoms with Crippen LogP contribution in [0.2, 0.25) is 0 Å². The first-order valence-electron chi connectivity index (χ1n) is 5.24. The van der Waals surface area contributed by atoms with Crippen LogP contribution < -0.4 is 5.32 Å². The largest absolute Gasteiger partial charge is 0.410 e. The lowest BCUT2D eigenvalue weighted by Gasteiger charge is -2.33. The van der Waals surface area contributed by atoms with E-state index in [1.165, 1.54) is 0 Å². The molecule has 96 valence electrons. The average Bonchev–Trinajstić information content (AvgIpc) is 2.24. The monoisotopic (exact) mass is 250 g/mol. The van der Waals surface area contributed by atoms with Crippen molar-refractivity contribution >= 4 is 0 Å². The molecule has 0 aliphatic rings. The summed E-state index contributed by atoms with van der Waals surface area (Å²) in [5.74, 6) is -0.781. The molecular formula is C11H14F4N2. The number of hydrogen-bond acceptors (Lipinski definition) is 2. The van der Waals surface area contributed by atoms with Crippen LogP contribution in [0.25, 0.3) is 0 Å². The zero-order chi connectivity index (χ0) is 13.1. The minimum absolute atomic E-state index is 0.187. The molecule has 0 radical (unpaired) electrons. The highest BCUT2D eigenvalue weighted by Crippen LogP contribution is 2.38. The van der Waals surface area contributed by atoms with Crippen molar-refractivity contribution in [2.75, 3.05) is 6.54 Å². The maximum absolute atomic E-state index is 13.0. The Labute approximate surface area is 97.1 Å². The van der Waals surface area contributed by atoms with Gasteiger partial charge in [0.05, 0.1) is 6.20 Å². The van der Waals surface area contributed by atoms with E-state index in [2.05, 4.69) is 10.3 Å². The molecule has 1 aromatic heterocycles. The van der Waals surface area contributed by atoms with Crippen LogP contribution in [-0.2, 0) is 5.54 Å².